The van der Waals surface area contributed by atoms with Gasteiger partial charge in [-0.15, -0.1) is 0 Å². The van der Waals surface area contributed by atoms with Crippen LogP contribution in [0.1, 0.15) is 5.56 Å². The number of nitrogens with two attached hydrogens (primary N) is 1. The highest BCUT2D eigenvalue weighted by atomic mass is 79.9. The van der Waals surface area contributed by atoms with Crippen molar-refractivity contribution in [3.05, 3.63) is 57.3 Å². The van der Waals surface area contributed by atoms with Gasteiger partial charge in [0.05, 0.1) is 4.47 Å². The molecule has 0 aromatic heterocycles. The van der Waals surface area contributed by atoms with Crippen molar-refractivity contribution in [1.82, 2.24) is 0 Å². The van der Waals surface area contributed by atoms with E-state index in [2.05, 4.69) is 21.1 Å². The van der Waals surface area contributed by atoms with Gasteiger partial charge in [-0.05, 0) is 52.3 Å². The first kappa shape index (κ1) is 15.2. The average Bonchev–Trinajstić information content (AvgIpc) is 2.45. The molecule has 20 heavy (non-hydrogen) atoms. The van der Waals surface area contributed by atoms with Crippen LogP contribution in [0.2, 0.25) is 5.02 Å². The lowest BCUT2D eigenvalue weighted by molar-refractivity contribution is 0.318. The molecule has 0 fully saturated rings. The van der Waals surface area contributed by atoms with Gasteiger partial charge in [0.2, 0.25) is 0 Å². The van der Waals surface area contributed by atoms with E-state index in [1.54, 1.807) is 36.4 Å². The maximum absolute atomic E-state index is 14.2. The topological polar surface area (TPSA) is 58.6 Å². The Balaban J connectivity index is 2.34. The number of hydrogen-bond acceptors (Lipinski definition) is 3. The van der Waals surface area contributed by atoms with Gasteiger partial charge in [-0.1, -0.05) is 28.5 Å². The van der Waals surface area contributed by atoms with Crippen LogP contribution in [0.15, 0.2) is 55.8 Å². The summed E-state index contributed by atoms with van der Waals surface area (Å²) in [4.78, 5) is 1.28. The van der Waals surface area contributed by atoms with Crippen LogP contribution in [0.25, 0.3) is 0 Å². The lowest BCUT2D eigenvalue weighted by Gasteiger charge is -2.08. The summed E-state index contributed by atoms with van der Waals surface area (Å²) in [5, 5.41) is 12.1. The summed E-state index contributed by atoms with van der Waals surface area (Å²) in [7, 11) is 0. The van der Waals surface area contributed by atoms with Crippen molar-refractivity contribution in [2.24, 2.45) is 10.9 Å². The van der Waals surface area contributed by atoms with Gasteiger partial charge in [-0.3, -0.25) is 0 Å². The van der Waals surface area contributed by atoms with Crippen LogP contribution < -0.4 is 5.73 Å². The summed E-state index contributed by atoms with van der Waals surface area (Å²) < 4.78 is 14.4. The zero-order chi connectivity index (χ0) is 14.7. The maximum Gasteiger partial charge on any atom is 0.171 e. The third-order valence-electron chi connectivity index (χ3n) is 2.47. The minimum absolute atomic E-state index is 0.154. The standard InChI is InChI=1S/C13H9BrClFN2OS/c14-11-9(13(17)18-19)5-6-10(12(11)16)20-8-3-1-7(15)2-4-8/h1-6,19H,(H2,17,18). The van der Waals surface area contributed by atoms with Crippen LogP contribution in [0.5, 0.6) is 0 Å². The molecular weight excluding hydrogens is 367 g/mol. The summed E-state index contributed by atoms with van der Waals surface area (Å²) in [6, 6.07) is 10.2. The van der Waals surface area contributed by atoms with E-state index in [4.69, 9.17) is 22.5 Å². The first-order valence-electron chi connectivity index (χ1n) is 5.42. The minimum Gasteiger partial charge on any atom is -0.409 e. The molecular formula is C13H9BrClFN2OS. The molecule has 0 saturated carbocycles. The Morgan fingerprint density at radius 3 is 2.50 bits per heavy atom. The highest BCUT2D eigenvalue weighted by molar-refractivity contribution is 9.10. The zero-order valence-electron chi connectivity index (χ0n) is 9.98. The number of hydrogen-bond donors (Lipinski definition) is 2. The first-order chi connectivity index (χ1) is 9.52. The lowest BCUT2D eigenvalue weighted by Crippen LogP contribution is -2.14. The Hall–Kier alpha value is -1.24. The molecule has 0 aliphatic rings. The van der Waals surface area contributed by atoms with E-state index >= 15 is 0 Å². The monoisotopic (exact) mass is 374 g/mol. The van der Waals surface area contributed by atoms with E-state index in [0.717, 1.165) is 4.90 Å². The zero-order valence-corrected chi connectivity index (χ0v) is 13.1. The minimum atomic E-state index is -0.464. The molecule has 0 radical (unpaired) electrons. The van der Waals surface area contributed by atoms with E-state index in [0.29, 0.717) is 15.5 Å². The quantitative estimate of drug-likeness (QED) is 0.360. The average molecular weight is 376 g/mol. The van der Waals surface area contributed by atoms with Crippen molar-refractivity contribution in [2.45, 2.75) is 9.79 Å². The fourth-order valence-corrected chi connectivity index (χ4v) is 3.15. The summed E-state index contributed by atoms with van der Waals surface area (Å²) in [5.41, 5.74) is 5.76. The first-order valence-corrected chi connectivity index (χ1v) is 7.41. The Bertz CT molecular complexity index is 664. The molecule has 0 aliphatic carbocycles. The second-order valence-corrected chi connectivity index (χ2v) is 6.13. The number of benzene rings is 2. The summed E-state index contributed by atoms with van der Waals surface area (Å²) in [5.74, 6) is -0.618. The van der Waals surface area contributed by atoms with Gasteiger partial charge in [0, 0.05) is 20.4 Å². The van der Waals surface area contributed by atoms with E-state index in [-0.39, 0.29) is 10.3 Å². The number of oxime groups is 1. The van der Waals surface area contributed by atoms with Gasteiger partial charge >= 0.3 is 0 Å². The van der Waals surface area contributed by atoms with Crippen LogP contribution in [0.4, 0.5) is 4.39 Å². The number of rotatable bonds is 3. The Kier molecular flexibility index (Phi) is 4.91. The molecule has 0 aliphatic heterocycles. The van der Waals surface area contributed by atoms with Crippen LogP contribution in [-0.2, 0) is 0 Å². The normalized spacial score (nSPS) is 11.7. The second kappa shape index (κ2) is 6.47. The number of nitrogens with zero attached hydrogens (tertiary/aromatic N) is 1. The predicted octanol–water partition coefficient (Wildman–Crippen LogP) is 4.49. The van der Waals surface area contributed by atoms with Crippen molar-refractivity contribution in [1.29, 1.82) is 0 Å². The SMILES string of the molecule is N/C(=N/O)c1ccc(Sc2ccc(Cl)cc2)c(F)c1Br. The van der Waals surface area contributed by atoms with Crippen molar-refractivity contribution >= 4 is 45.1 Å². The molecule has 0 atom stereocenters. The molecule has 0 unspecified atom stereocenters. The molecule has 2 rings (SSSR count). The summed E-state index contributed by atoms with van der Waals surface area (Å²) in [6.45, 7) is 0. The molecule has 0 saturated heterocycles. The van der Waals surface area contributed by atoms with E-state index in [9.17, 15) is 4.39 Å². The molecule has 2 aromatic rings. The predicted molar refractivity (Wildman–Crippen MR) is 82.2 cm³/mol. The third kappa shape index (κ3) is 3.26. The van der Waals surface area contributed by atoms with Gasteiger partial charge in [0.15, 0.2) is 11.7 Å². The maximum atomic E-state index is 14.2. The summed E-state index contributed by atoms with van der Waals surface area (Å²) >= 11 is 10.2. The number of amidine groups is 1. The van der Waals surface area contributed by atoms with Crippen molar-refractivity contribution in [2.75, 3.05) is 0 Å². The van der Waals surface area contributed by atoms with Crippen LogP contribution >= 0.6 is 39.3 Å². The molecule has 0 amide bonds. The fraction of sp³-hybridized carbons (Fsp3) is 0. The molecule has 104 valence electrons. The second-order valence-electron chi connectivity index (χ2n) is 3.78. The van der Waals surface area contributed by atoms with Crippen LogP contribution in [0, 0.1) is 5.82 Å². The molecule has 0 spiro atoms. The van der Waals surface area contributed by atoms with Crippen LogP contribution in [0.3, 0.4) is 0 Å². The van der Waals surface area contributed by atoms with Gasteiger partial charge in [-0.2, -0.15) is 0 Å². The highest BCUT2D eigenvalue weighted by Crippen LogP contribution is 2.34. The molecule has 0 heterocycles. The van der Waals surface area contributed by atoms with Crippen molar-refractivity contribution in [3.8, 4) is 0 Å². The van der Waals surface area contributed by atoms with Gasteiger partial charge < -0.3 is 10.9 Å². The van der Waals surface area contributed by atoms with Crippen molar-refractivity contribution < 1.29 is 9.60 Å². The fourth-order valence-electron chi connectivity index (χ4n) is 1.49. The molecule has 0 bridgehead atoms. The molecule has 7 heteroatoms. The molecule has 3 N–H and O–H groups in total. The smallest absolute Gasteiger partial charge is 0.171 e. The highest BCUT2D eigenvalue weighted by Gasteiger charge is 2.14. The Morgan fingerprint density at radius 2 is 1.90 bits per heavy atom. The van der Waals surface area contributed by atoms with E-state index in [1.807, 2.05) is 0 Å². The molecule has 3 nitrogen and oxygen atoms in total. The molecule has 2 aromatic carbocycles. The summed E-state index contributed by atoms with van der Waals surface area (Å²) in [6.07, 6.45) is 0. The van der Waals surface area contributed by atoms with Gasteiger partial charge in [-0.25, -0.2) is 4.39 Å². The van der Waals surface area contributed by atoms with E-state index in [1.165, 1.54) is 11.8 Å². The lowest BCUT2D eigenvalue weighted by atomic mass is 10.2. The Labute approximate surface area is 132 Å². The van der Waals surface area contributed by atoms with Crippen LogP contribution in [-0.4, -0.2) is 11.0 Å². The van der Waals surface area contributed by atoms with E-state index < -0.39 is 5.82 Å². The number of halogens is 3. The van der Waals surface area contributed by atoms with Gasteiger partial charge in [0.25, 0.3) is 0 Å². The third-order valence-corrected chi connectivity index (χ3v) is 4.54. The van der Waals surface area contributed by atoms with Gasteiger partial charge in [0.1, 0.15) is 0 Å². The largest absolute Gasteiger partial charge is 0.409 e. The van der Waals surface area contributed by atoms with Crippen molar-refractivity contribution in [3.63, 3.8) is 0 Å². The Morgan fingerprint density at radius 1 is 1.25 bits per heavy atom.